The summed E-state index contributed by atoms with van der Waals surface area (Å²) in [5.74, 6) is -0.936. The van der Waals surface area contributed by atoms with Crippen molar-refractivity contribution in [3.05, 3.63) is 170 Å². The quantitative estimate of drug-likeness (QED) is 0.0261. The third-order valence-electron chi connectivity index (χ3n) is 13.2. The van der Waals surface area contributed by atoms with Crippen LogP contribution in [0.1, 0.15) is 265 Å². The van der Waals surface area contributed by atoms with E-state index in [-0.39, 0.29) is 31.1 Å². The van der Waals surface area contributed by atoms with Crippen molar-refractivity contribution in [1.82, 2.24) is 0 Å². The first-order chi connectivity index (χ1) is 40.0. The second-order valence-electron chi connectivity index (χ2n) is 20.9. The van der Waals surface area contributed by atoms with Crippen LogP contribution in [0.2, 0.25) is 0 Å². The summed E-state index contributed by atoms with van der Waals surface area (Å²) in [5.41, 5.74) is 0. The van der Waals surface area contributed by atoms with Gasteiger partial charge in [-0.25, -0.2) is 0 Å². The molecule has 81 heavy (non-hydrogen) atoms. The van der Waals surface area contributed by atoms with Gasteiger partial charge in [-0.1, -0.05) is 281 Å². The van der Waals surface area contributed by atoms with E-state index in [1.54, 1.807) is 0 Å². The lowest BCUT2D eigenvalue weighted by Gasteiger charge is -2.18. The lowest BCUT2D eigenvalue weighted by Crippen LogP contribution is -2.30. The second kappa shape index (κ2) is 67.3. The molecule has 0 bridgehead atoms. The molecule has 0 fully saturated rings. The highest BCUT2D eigenvalue weighted by atomic mass is 16.6. The van der Waals surface area contributed by atoms with E-state index in [1.165, 1.54) is 44.9 Å². The normalized spacial score (nSPS) is 13.3. The smallest absolute Gasteiger partial charge is 0.306 e. The van der Waals surface area contributed by atoms with Crippen LogP contribution in [0.25, 0.3) is 0 Å². The Hall–Kier alpha value is -5.23. The molecule has 0 N–H and O–H groups in total. The zero-order chi connectivity index (χ0) is 58.5. The molecule has 0 aromatic rings. The molecule has 1 atom stereocenters. The molecule has 0 aromatic carbocycles. The van der Waals surface area contributed by atoms with E-state index in [2.05, 4.69) is 191 Å². The van der Waals surface area contributed by atoms with Crippen molar-refractivity contribution in [3.8, 4) is 0 Å². The number of carbonyl (C=O) groups excluding carboxylic acids is 3. The lowest BCUT2D eigenvalue weighted by atomic mass is 10.1. The zero-order valence-electron chi connectivity index (χ0n) is 52.0. The molecule has 0 heterocycles. The Morgan fingerprint density at radius 3 is 0.753 bits per heavy atom. The molecule has 0 saturated heterocycles. The Morgan fingerprint density at radius 2 is 0.481 bits per heavy atom. The van der Waals surface area contributed by atoms with E-state index in [1.807, 2.05) is 0 Å². The molecule has 0 aliphatic heterocycles. The number of rotatable bonds is 57. The molecular weight excluding hydrogens is 997 g/mol. The van der Waals surface area contributed by atoms with Gasteiger partial charge < -0.3 is 14.2 Å². The average Bonchev–Trinajstić information content (AvgIpc) is 3.47. The summed E-state index contributed by atoms with van der Waals surface area (Å²) in [6.07, 6.45) is 99.7. The van der Waals surface area contributed by atoms with Crippen molar-refractivity contribution < 1.29 is 28.6 Å². The van der Waals surface area contributed by atoms with Crippen LogP contribution in [0, 0.1) is 0 Å². The van der Waals surface area contributed by atoms with E-state index >= 15 is 0 Å². The molecule has 0 aliphatic carbocycles. The van der Waals surface area contributed by atoms with Gasteiger partial charge in [0.25, 0.3) is 0 Å². The van der Waals surface area contributed by atoms with Gasteiger partial charge >= 0.3 is 17.9 Å². The van der Waals surface area contributed by atoms with Crippen LogP contribution in [0.15, 0.2) is 170 Å². The molecule has 454 valence electrons. The number of hydrogen-bond donors (Lipinski definition) is 0. The maximum Gasteiger partial charge on any atom is 0.306 e. The minimum atomic E-state index is -0.795. The van der Waals surface area contributed by atoms with Gasteiger partial charge in [0.15, 0.2) is 6.10 Å². The summed E-state index contributed by atoms with van der Waals surface area (Å²) in [4.78, 5) is 38.0. The Labute approximate surface area is 498 Å². The summed E-state index contributed by atoms with van der Waals surface area (Å²) in [5, 5.41) is 0. The average molecular weight is 1120 g/mol. The Kier molecular flexibility index (Phi) is 62.9. The minimum absolute atomic E-state index is 0.0934. The monoisotopic (exact) mass is 1110 g/mol. The molecular formula is C75H118O6. The van der Waals surface area contributed by atoms with E-state index in [9.17, 15) is 14.4 Å². The van der Waals surface area contributed by atoms with Crippen LogP contribution >= 0.6 is 0 Å². The van der Waals surface area contributed by atoms with Gasteiger partial charge in [-0.3, -0.25) is 14.4 Å². The highest BCUT2D eigenvalue weighted by Gasteiger charge is 2.19. The van der Waals surface area contributed by atoms with Crippen molar-refractivity contribution >= 4 is 17.9 Å². The van der Waals surface area contributed by atoms with E-state index < -0.39 is 6.10 Å². The summed E-state index contributed by atoms with van der Waals surface area (Å²) < 4.78 is 16.8. The van der Waals surface area contributed by atoms with Crippen molar-refractivity contribution in [2.75, 3.05) is 13.2 Å². The Morgan fingerprint density at radius 1 is 0.259 bits per heavy atom. The highest BCUT2D eigenvalue weighted by molar-refractivity contribution is 5.71. The summed E-state index contributed by atoms with van der Waals surface area (Å²) >= 11 is 0. The van der Waals surface area contributed by atoms with E-state index in [4.69, 9.17) is 14.2 Å². The molecule has 0 radical (unpaired) electrons. The van der Waals surface area contributed by atoms with E-state index in [0.29, 0.717) is 19.3 Å². The van der Waals surface area contributed by atoms with Crippen molar-refractivity contribution in [1.29, 1.82) is 0 Å². The molecule has 0 amide bonds. The van der Waals surface area contributed by atoms with Crippen LogP contribution in [0.3, 0.4) is 0 Å². The topological polar surface area (TPSA) is 78.9 Å². The van der Waals surface area contributed by atoms with Crippen molar-refractivity contribution in [3.63, 3.8) is 0 Å². The first kappa shape index (κ1) is 75.8. The van der Waals surface area contributed by atoms with Crippen LogP contribution in [-0.2, 0) is 28.6 Å². The summed E-state index contributed by atoms with van der Waals surface area (Å²) in [7, 11) is 0. The van der Waals surface area contributed by atoms with Gasteiger partial charge in [0.1, 0.15) is 13.2 Å². The third kappa shape index (κ3) is 65.5. The van der Waals surface area contributed by atoms with Crippen LogP contribution in [0.5, 0.6) is 0 Å². The van der Waals surface area contributed by atoms with E-state index in [0.717, 1.165) is 180 Å². The number of allylic oxidation sites excluding steroid dienone is 28. The number of hydrogen-bond acceptors (Lipinski definition) is 6. The van der Waals surface area contributed by atoms with Gasteiger partial charge in [-0.05, 0) is 135 Å². The first-order valence-corrected chi connectivity index (χ1v) is 32.6. The molecule has 0 rings (SSSR count). The van der Waals surface area contributed by atoms with Gasteiger partial charge in [-0.2, -0.15) is 0 Å². The standard InChI is InChI=1S/C75H118O6/c1-4-7-10-13-15-17-19-21-23-25-27-29-31-33-35-36-37-38-40-41-43-45-47-49-51-53-55-57-59-62-65-68-74(77)80-71-72(70-79-73(76)67-64-61-12-9-6-3)81-75(78)69-66-63-60-58-56-54-52-50-48-46-44-42-39-34-32-30-28-26-24-22-20-18-16-14-11-8-5-2/h7-8,10-11,15-18,21-24,27-30,33-35,37-39,41,43-44,46-47,49,72H,4-6,9,12-14,19-20,25-26,31-32,36,40,42,45,48,50-71H2,1-3H3/b10-7-,11-8-,17-15-,18-16-,23-21-,24-22-,29-27-,30-28-,35-33-,38-37-,39-34-,43-41-,46-44-,49-47-. The molecule has 0 aromatic heterocycles. The molecule has 6 nitrogen and oxygen atoms in total. The number of carbonyl (C=O) groups is 3. The number of esters is 3. The van der Waals surface area contributed by atoms with Crippen LogP contribution in [-0.4, -0.2) is 37.2 Å². The molecule has 0 aliphatic rings. The Balaban J connectivity index is 4.15. The minimum Gasteiger partial charge on any atom is -0.462 e. The predicted octanol–water partition coefficient (Wildman–Crippen LogP) is 22.7. The highest BCUT2D eigenvalue weighted by Crippen LogP contribution is 2.14. The molecule has 0 spiro atoms. The van der Waals surface area contributed by atoms with Gasteiger partial charge in [0, 0.05) is 19.3 Å². The van der Waals surface area contributed by atoms with Gasteiger partial charge in [-0.15, -0.1) is 0 Å². The van der Waals surface area contributed by atoms with Crippen molar-refractivity contribution in [2.45, 2.75) is 271 Å². The number of ether oxygens (including phenoxy) is 3. The molecule has 1 unspecified atom stereocenters. The first-order valence-electron chi connectivity index (χ1n) is 32.6. The zero-order valence-corrected chi connectivity index (χ0v) is 52.0. The Bertz CT molecular complexity index is 1860. The third-order valence-corrected chi connectivity index (χ3v) is 13.2. The predicted molar refractivity (Wildman–Crippen MR) is 352 cm³/mol. The molecule has 6 heteroatoms. The lowest BCUT2D eigenvalue weighted by molar-refractivity contribution is -0.167. The summed E-state index contributed by atoms with van der Waals surface area (Å²) in [6, 6.07) is 0. The summed E-state index contributed by atoms with van der Waals surface area (Å²) in [6.45, 7) is 6.30. The van der Waals surface area contributed by atoms with Crippen LogP contribution < -0.4 is 0 Å². The van der Waals surface area contributed by atoms with Crippen LogP contribution in [0.4, 0.5) is 0 Å². The fraction of sp³-hybridized carbons (Fsp3) is 0.587. The number of unbranched alkanes of at least 4 members (excludes halogenated alkanes) is 18. The fourth-order valence-corrected chi connectivity index (χ4v) is 8.40. The van der Waals surface area contributed by atoms with Gasteiger partial charge in [0.05, 0.1) is 0 Å². The van der Waals surface area contributed by atoms with Crippen molar-refractivity contribution in [2.24, 2.45) is 0 Å². The van der Waals surface area contributed by atoms with Gasteiger partial charge in [0.2, 0.25) is 0 Å². The SMILES string of the molecule is CC/C=C\C/C=C\C/C=C\C/C=C\C/C=C\C/C=C\C/C=C\C/C=C\CCCCCCCCC(=O)OCC(COC(=O)CCCCCCC)OC(=O)CCCCCCCCCC/C=C\C/C=C\C/C=C\C/C=C\C/C=C\C/C=C\CC. The maximum absolute atomic E-state index is 12.8. The maximum atomic E-state index is 12.8. The molecule has 0 saturated carbocycles. The largest absolute Gasteiger partial charge is 0.462 e. The second-order valence-corrected chi connectivity index (χ2v) is 20.9. The fourth-order valence-electron chi connectivity index (χ4n) is 8.40.